The molecule has 0 N–H and O–H groups in total. The van der Waals surface area contributed by atoms with Crippen molar-refractivity contribution in [2.24, 2.45) is 4.99 Å². The van der Waals surface area contributed by atoms with E-state index in [0.717, 1.165) is 15.8 Å². The predicted molar refractivity (Wildman–Crippen MR) is 104 cm³/mol. The van der Waals surface area contributed by atoms with Gasteiger partial charge in [0.2, 0.25) is 0 Å². The number of esters is 1. The average molecular weight is 384 g/mol. The second-order valence-corrected chi connectivity index (χ2v) is 6.94. The maximum absolute atomic E-state index is 12.7. The Labute approximate surface area is 160 Å². The van der Waals surface area contributed by atoms with Gasteiger partial charge >= 0.3 is 5.97 Å². The summed E-state index contributed by atoms with van der Waals surface area (Å²) >= 11 is 1.36. The lowest BCUT2D eigenvalue weighted by atomic mass is 10.1. The molecule has 0 atom stereocenters. The summed E-state index contributed by atoms with van der Waals surface area (Å²) < 4.78 is 12.8. The van der Waals surface area contributed by atoms with Gasteiger partial charge in [0.25, 0.3) is 5.91 Å². The molecule has 140 valence electrons. The van der Waals surface area contributed by atoms with Crippen LogP contribution in [-0.2, 0) is 16.0 Å². The normalized spacial score (nSPS) is 11.7. The summed E-state index contributed by atoms with van der Waals surface area (Å²) in [6.07, 6.45) is 0. The third-order valence-corrected chi connectivity index (χ3v) is 5.24. The number of thiazole rings is 1. The number of rotatable bonds is 5. The van der Waals surface area contributed by atoms with E-state index in [4.69, 9.17) is 9.47 Å². The predicted octanol–water partition coefficient (Wildman–Crippen LogP) is 3.19. The van der Waals surface area contributed by atoms with E-state index in [2.05, 4.69) is 4.99 Å². The van der Waals surface area contributed by atoms with Crippen LogP contribution in [0.5, 0.6) is 0 Å². The van der Waals surface area contributed by atoms with Crippen LogP contribution in [-0.4, -0.2) is 37.3 Å². The lowest BCUT2D eigenvalue weighted by Gasteiger charge is -2.05. The van der Waals surface area contributed by atoms with Gasteiger partial charge in [0, 0.05) is 19.2 Å². The minimum Gasteiger partial charge on any atom is -0.465 e. The van der Waals surface area contributed by atoms with Crippen LogP contribution in [0.2, 0.25) is 0 Å². The molecule has 0 unspecified atom stereocenters. The van der Waals surface area contributed by atoms with Crippen molar-refractivity contribution < 1.29 is 19.1 Å². The zero-order chi connectivity index (χ0) is 19.4. The molecular formula is C20H20N2O4S. The number of fused-ring (bicyclic) bond motifs is 1. The fourth-order valence-corrected chi connectivity index (χ4v) is 3.86. The van der Waals surface area contributed by atoms with E-state index in [1.165, 1.54) is 18.4 Å². The zero-order valence-electron chi connectivity index (χ0n) is 15.4. The molecule has 0 aliphatic heterocycles. The number of hydrogen-bond acceptors (Lipinski definition) is 5. The lowest BCUT2D eigenvalue weighted by Crippen LogP contribution is -2.19. The summed E-state index contributed by atoms with van der Waals surface area (Å²) in [5, 5.41) is 0. The molecule has 0 spiro atoms. The quantitative estimate of drug-likeness (QED) is 0.634. The van der Waals surface area contributed by atoms with Gasteiger partial charge < -0.3 is 14.0 Å². The Bertz CT molecular complexity index is 1070. The van der Waals surface area contributed by atoms with E-state index in [0.29, 0.717) is 29.1 Å². The Kier molecular flexibility index (Phi) is 5.83. The Balaban J connectivity index is 2.13. The molecular weight excluding hydrogens is 364 g/mol. The van der Waals surface area contributed by atoms with Gasteiger partial charge in [0.05, 0.1) is 29.5 Å². The number of amides is 1. The summed E-state index contributed by atoms with van der Waals surface area (Å²) in [4.78, 5) is 29.4. The first-order chi connectivity index (χ1) is 13.0. The molecule has 3 aromatic rings. The average Bonchev–Trinajstić information content (AvgIpc) is 3.01. The second-order valence-electron chi connectivity index (χ2n) is 5.94. The minimum absolute atomic E-state index is 0.293. The number of carbonyl (C=O) groups is 2. The smallest absolute Gasteiger partial charge is 0.337 e. The van der Waals surface area contributed by atoms with Crippen LogP contribution in [0.3, 0.4) is 0 Å². The molecule has 0 radical (unpaired) electrons. The van der Waals surface area contributed by atoms with Gasteiger partial charge in [-0.3, -0.25) is 4.79 Å². The summed E-state index contributed by atoms with van der Waals surface area (Å²) in [7, 11) is 2.97. The number of aryl methyl sites for hydroxylation is 1. The van der Waals surface area contributed by atoms with E-state index >= 15 is 0 Å². The molecule has 3 rings (SSSR count). The number of methoxy groups -OCH3 is 2. The van der Waals surface area contributed by atoms with Crippen LogP contribution in [0.1, 0.15) is 26.3 Å². The van der Waals surface area contributed by atoms with Crippen LogP contribution in [0.15, 0.2) is 47.5 Å². The third kappa shape index (κ3) is 3.99. The van der Waals surface area contributed by atoms with Crippen LogP contribution in [0, 0.1) is 6.92 Å². The van der Waals surface area contributed by atoms with E-state index in [1.54, 1.807) is 25.3 Å². The molecule has 0 bridgehead atoms. The largest absolute Gasteiger partial charge is 0.465 e. The standard InChI is InChI=1S/C20H20N2O4S/c1-13-6-4-5-7-15(13)18(23)21-20-22(10-11-25-2)16-9-8-14(19(24)26-3)12-17(16)27-20/h4-9,12H,10-11H2,1-3H3. The van der Waals surface area contributed by atoms with Gasteiger partial charge in [-0.25, -0.2) is 4.79 Å². The van der Waals surface area contributed by atoms with Crippen molar-refractivity contribution in [3.05, 3.63) is 64.0 Å². The molecule has 0 aliphatic carbocycles. The Hall–Kier alpha value is -2.77. The van der Waals surface area contributed by atoms with Crippen molar-refractivity contribution in [3.8, 4) is 0 Å². The summed E-state index contributed by atoms with van der Waals surface area (Å²) in [5.41, 5.74) is 2.80. The van der Waals surface area contributed by atoms with E-state index < -0.39 is 5.97 Å². The fourth-order valence-electron chi connectivity index (χ4n) is 2.76. The van der Waals surface area contributed by atoms with Gasteiger partial charge in [0.15, 0.2) is 4.80 Å². The molecule has 6 nitrogen and oxygen atoms in total. The highest BCUT2D eigenvalue weighted by molar-refractivity contribution is 7.16. The van der Waals surface area contributed by atoms with Crippen molar-refractivity contribution in [1.82, 2.24) is 4.57 Å². The molecule has 1 heterocycles. The molecule has 1 amide bonds. The monoisotopic (exact) mass is 384 g/mol. The topological polar surface area (TPSA) is 69.9 Å². The summed E-state index contributed by atoms with van der Waals surface area (Å²) in [5.74, 6) is -0.692. The second kappa shape index (κ2) is 8.28. The SMILES string of the molecule is COCCn1c(=NC(=O)c2ccccc2C)sc2cc(C(=O)OC)ccc21. The lowest BCUT2D eigenvalue weighted by molar-refractivity contribution is 0.0600. The van der Waals surface area contributed by atoms with Gasteiger partial charge in [-0.15, -0.1) is 0 Å². The number of ether oxygens (including phenoxy) is 2. The van der Waals surface area contributed by atoms with E-state index in [9.17, 15) is 9.59 Å². The minimum atomic E-state index is -0.400. The first-order valence-electron chi connectivity index (χ1n) is 8.40. The molecule has 0 aliphatic rings. The molecule has 2 aromatic carbocycles. The number of benzene rings is 2. The van der Waals surface area contributed by atoms with E-state index in [1.807, 2.05) is 35.8 Å². The van der Waals surface area contributed by atoms with Crippen molar-refractivity contribution in [2.75, 3.05) is 20.8 Å². The van der Waals surface area contributed by atoms with Gasteiger partial charge in [0.1, 0.15) is 0 Å². The highest BCUT2D eigenvalue weighted by Crippen LogP contribution is 2.20. The Morgan fingerprint density at radius 3 is 2.63 bits per heavy atom. The van der Waals surface area contributed by atoms with Gasteiger partial charge in [-0.1, -0.05) is 29.5 Å². The first-order valence-corrected chi connectivity index (χ1v) is 9.22. The van der Waals surface area contributed by atoms with Crippen molar-refractivity contribution in [2.45, 2.75) is 13.5 Å². The number of aromatic nitrogens is 1. The van der Waals surface area contributed by atoms with Crippen molar-refractivity contribution >= 4 is 33.4 Å². The molecule has 0 saturated carbocycles. The molecule has 0 saturated heterocycles. The van der Waals surface area contributed by atoms with Crippen LogP contribution >= 0.6 is 11.3 Å². The summed E-state index contributed by atoms with van der Waals surface area (Å²) in [6.45, 7) is 2.92. The van der Waals surface area contributed by atoms with Crippen molar-refractivity contribution in [3.63, 3.8) is 0 Å². The summed E-state index contributed by atoms with van der Waals surface area (Å²) in [6, 6.07) is 12.7. The number of nitrogens with zero attached hydrogens (tertiary/aromatic N) is 2. The Morgan fingerprint density at radius 1 is 1.15 bits per heavy atom. The molecule has 1 aromatic heterocycles. The molecule has 0 fully saturated rings. The van der Waals surface area contributed by atoms with Crippen LogP contribution in [0.4, 0.5) is 0 Å². The maximum Gasteiger partial charge on any atom is 0.337 e. The van der Waals surface area contributed by atoms with Crippen molar-refractivity contribution in [1.29, 1.82) is 0 Å². The number of hydrogen-bond donors (Lipinski definition) is 0. The fraction of sp³-hybridized carbons (Fsp3) is 0.250. The maximum atomic E-state index is 12.7. The number of carbonyl (C=O) groups excluding carboxylic acids is 2. The first kappa shape index (κ1) is 19.0. The van der Waals surface area contributed by atoms with Crippen LogP contribution in [0.25, 0.3) is 10.2 Å². The van der Waals surface area contributed by atoms with Crippen LogP contribution < -0.4 is 4.80 Å². The van der Waals surface area contributed by atoms with Gasteiger partial charge in [-0.05, 0) is 36.8 Å². The highest BCUT2D eigenvalue weighted by atomic mass is 32.1. The highest BCUT2D eigenvalue weighted by Gasteiger charge is 2.13. The zero-order valence-corrected chi connectivity index (χ0v) is 16.2. The molecule has 7 heteroatoms. The van der Waals surface area contributed by atoms with Gasteiger partial charge in [-0.2, -0.15) is 4.99 Å². The molecule has 27 heavy (non-hydrogen) atoms. The van der Waals surface area contributed by atoms with E-state index in [-0.39, 0.29) is 5.91 Å². The Morgan fingerprint density at radius 2 is 1.93 bits per heavy atom. The third-order valence-electron chi connectivity index (χ3n) is 4.20.